The number of piperazine rings is 1. The Balaban J connectivity index is 1.86. The first-order valence-corrected chi connectivity index (χ1v) is 9.53. The number of hydrogen-bond donors (Lipinski definition) is 4. The molecule has 4 N–H and O–H groups in total. The van der Waals surface area contributed by atoms with Crippen LogP contribution in [0.1, 0.15) is 38.7 Å². The van der Waals surface area contributed by atoms with E-state index in [0.717, 1.165) is 52.0 Å². The molecule has 1 aliphatic rings. The first kappa shape index (κ1) is 18.5. The van der Waals surface area contributed by atoms with Crippen LogP contribution in [-0.4, -0.2) is 42.8 Å². The van der Waals surface area contributed by atoms with Gasteiger partial charge in [0.05, 0.1) is 12.7 Å². The van der Waals surface area contributed by atoms with Gasteiger partial charge in [-0.1, -0.05) is 12.1 Å². The number of nitrogens with one attached hydrogen (secondary N) is 3. The number of aromatic nitrogens is 1. The van der Waals surface area contributed by atoms with Gasteiger partial charge in [-0.25, -0.2) is 4.79 Å². The molecule has 1 aliphatic heterocycles. The fourth-order valence-electron chi connectivity index (χ4n) is 4.21. The van der Waals surface area contributed by atoms with Crippen molar-refractivity contribution in [2.45, 2.75) is 19.4 Å². The summed E-state index contributed by atoms with van der Waals surface area (Å²) >= 11 is 0. The summed E-state index contributed by atoms with van der Waals surface area (Å²) in [4.78, 5) is 15.2. The van der Waals surface area contributed by atoms with E-state index in [0.29, 0.717) is 18.5 Å². The van der Waals surface area contributed by atoms with E-state index < -0.39 is 5.97 Å². The molecule has 28 heavy (non-hydrogen) atoms. The van der Waals surface area contributed by atoms with E-state index in [1.807, 2.05) is 24.4 Å². The second kappa shape index (κ2) is 7.66. The highest BCUT2D eigenvalue weighted by Crippen LogP contribution is 2.34. The van der Waals surface area contributed by atoms with Crippen LogP contribution in [0.25, 0.3) is 10.9 Å². The molecule has 1 atom stereocenters. The van der Waals surface area contributed by atoms with Crippen LogP contribution in [0.5, 0.6) is 5.75 Å². The van der Waals surface area contributed by atoms with Crippen LogP contribution < -0.4 is 15.4 Å². The Hall–Kier alpha value is -2.83. The SMILES string of the molecule is COc1cc(C)c2[nH]ccc2c1Cc1cccc(C(=O)O)c1C1CNCCN1. The van der Waals surface area contributed by atoms with E-state index in [1.54, 1.807) is 13.2 Å². The molecule has 3 aromatic rings. The van der Waals surface area contributed by atoms with Crippen LogP contribution in [0.2, 0.25) is 0 Å². The first-order valence-electron chi connectivity index (χ1n) is 9.53. The highest BCUT2D eigenvalue weighted by atomic mass is 16.5. The van der Waals surface area contributed by atoms with Crippen LogP contribution in [0, 0.1) is 6.92 Å². The maximum Gasteiger partial charge on any atom is 0.336 e. The van der Waals surface area contributed by atoms with Crippen molar-refractivity contribution in [3.8, 4) is 5.75 Å². The summed E-state index contributed by atoms with van der Waals surface area (Å²) in [6.45, 7) is 4.46. The van der Waals surface area contributed by atoms with Gasteiger partial charge in [0.25, 0.3) is 0 Å². The molecule has 0 spiro atoms. The van der Waals surface area contributed by atoms with Gasteiger partial charge in [-0.2, -0.15) is 0 Å². The monoisotopic (exact) mass is 379 g/mol. The predicted molar refractivity (Wildman–Crippen MR) is 109 cm³/mol. The molecule has 1 unspecified atom stereocenters. The third-order valence-electron chi connectivity index (χ3n) is 5.51. The lowest BCUT2D eigenvalue weighted by atomic mass is 9.89. The second-order valence-electron chi connectivity index (χ2n) is 7.21. The Labute approximate surface area is 163 Å². The number of aryl methyl sites for hydroxylation is 1. The zero-order valence-corrected chi connectivity index (χ0v) is 16.1. The average molecular weight is 379 g/mol. The van der Waals surface area contributed by atoms with E-state index in [2.05, 4.69) is 28.6 Å². The zero-order chi connectivity index (χ0) is 19.7. The molecule has 0 saturated carbocycles. The summed E-state index contributed by atoms with van der Waals surface area (Å²) in [5.74, 6) is -0.0714. The number of aromatic carboxylic acids is 1. The third kappa shape index (κ3) is 3.25. The van der Waals surface area contributed by atoms with Crippen molar-refractivity contribution in [2.24, 2.45) is 0 Å². The molecule has 2 heterocycles. The van der Waals surface area contributed by atoms with Gasteiger partial charge < -0.3 is 25.5 Å². The van der Waals surface area contributed by atoms with E-state index in [1.165, 1.54) is 0 Å². The number of hydrogen-bond acceptors (Lipinski definition) is 4. The summed E-state index contributed by atoms with van der Waals surface area (Å²) in [6, 6.07) is 9.60. The molecular weight excluding hydrogens is 354 g/mol. The minimum absolute atomic E-state index is 0.0331. The molecule has 6 nitrogen and oxygen atoms in total. The lowest BCUT2D eigenvalue weighted by Gasteiger charge is -2.28. The summed E-state index contributed by atoms with van der Waals surface area (Å²) in [6.07, 6.45) is 2.54. The summed E-state index contributed by atoms with van der Waals surface area (Å²) in [7, 11) is 1.68. The van der Waals surface area contributed by atoms with Gasteiger partial charge in [-0.3, -0.25) is 0 Å². The van der Waals surface area contributed by atoms with Gasteiger partial charge in [0.15, 0.2) is 0 Å². The molecule has 6 heteroatoms. The van der Waals surface area contributed by atoms with Crippen LogP contribution in [0.3, 0.4) is 0 Å². The van der Waals surface area contributed by atoms with Crippen molar-refractivity contribution in [1.29, 1.82) is 0 Å². The van der Waals surface area contributed by atoms with Crippen LogP contribution in [-0.2, 0) is 6.42 Å². The minimum atomic E-state index is -0.896. The molecule has 0 radical (unpaired) electrons. The molecule has 4 rings (SSSR count). The standard InChI is InChI=1S/C22H25N3O3/c1-13-10-19(28-2)17(15-6-7-25-21(13)15)11-14-4-3-5-16(22(26)27)20(14)18-12-23-8-9-24-18/h3-7,10,18,23-25H,8-9,11-12H2,1-2H3,(H,26,27). The Bertz CT molecular complexity index is 1020. The molecule has 0 bridgehead atoms. The molecule has 1 aromatic heterocycles. The van der Waals surface area contributed by atoms with Crippen molar-refractivity contribution in [1.82, 2.24) is 15.6 Å². The topological polar surface area (TPSA) is 86.4 Å². The minimum Gasteiger partial charge on any atom is -0.496 e. The molecule has 2 aromatic carbocycles. The predicted octanol–water partition coefficient (Wildman–Crippen LogP) is 3.01. The van der Waals surface area contributed by atoms with Gasteiger partial charge in [-0.05, 0) is 41.8 Å². The van der Waals surface area contributed by atoms with Crippen LogP contribution >= 0.6 is 0 Å². The van der Waals surface area contributed by atoms with Crippen molar-refractivity contribution in [3.63, 3.8) is 0 Å². The van der Waals surface area contributed by atoms with Crippen LogP contribution in [0.4, 0.5) is 0 Å². The summed E-state index contributed by atoms with van der Waals surface area (Å²) in [5, 5.41) is 17.7. The van der Waals surface area contributed by atoms with Crippen LogP contribution in [0.15, 0.2) is 36.5 Å². The van der Waals surface area contributed by atoms with E-state index in [-0.39, 0.29) is 6.04 Å². The zero-order valence-electron chi connectivity index (χ0n) is 16.1. The van der Waals surface area contributed by atoms with E-state index >= 15 is 0 Å². The van der Waals surface area contributed by atoms with Crippen molar-refractivity contribution < 1.29 is 14.6 Å². The Morgan fingerprint density at radius 3 is 2.86 bits per heavy atom. The number of fused-ring (bicyclic) bond motifs is 1. The molecule has 0 amide bonds. The third-order valence-corrected chi connectivity index (χ3v) is 5.51. The van der Waals surface area contributed by atoms with Crippen molar-refractivity contribution >= 4 is 16.9 Å². The van der Waals surface area contributed by atoms with Crippen molar-refractivity contribution in [3.05, 3.63) is 64.3 Å². The number of carboxylic acid groups (broad SMARTS) is 1. The Morgan fingerprint density at radius 2 is 2.14 bits per heavy atom. The molecule has 1 saturated heterocycles. The fourth-order valence-corrected chi connectivity index (χ4v) is 4.21. The Morgan fingerprint density at radius 1 is 1.29 bits per heavy atom. The fraction of sp³-hybridized carbons (Fsp3) is 0.318. The lowest BCUT2D eigenvalue weighted by Crippen LogP contribution is -2.43. The number of rotatable bonds is 5. The largest absolute Gasteiger partial charge is 0.496 e. The van der Waals surface area contributed by atoms with E-state index in [4.69, 9.17) is 4.74 Å². The number of carbonyl (C=O) groups is 1. The van der Waals surface area contributed by atoms with Gasteiger partial charge in [0.2, 0.25) is 0 Å². The number of aromatic amines is 1. The number of H-pyrrole nitrogens is 1. The lowest BCUT2D eigenvalue weighted by molar-refractivity contribution is 0.0694. The number of ether oxygens (including phenoxy) is 1. The summed E-state index contributed by atoms with van der Waals surface area (Å²) in [5.41, 5.74) is 5.49. The van der Waals surface area contributed by atoms with Gasteiger partial charge in [0.1, 0.15) is 5.75 Å². The average Bonchev–Trinajstić information content (AvgIpc) is 3.21. The number of methoxy groups -OCH3 is 1. The first-order chi connectivity index (χ1) is 13.6. The summed E-state index contributed by atoms with van der Waals surface area (Å²) < 4.78 is 5.68. The molecule has 0 aliphatic carbocycles. The maximum absolute atomic E-state index is 11.9. The smallest absolute Gasteiger partial charge is 0.336 e. The normalized spacial score (nSPS) is 17.0. The Kier molecular flexibility index (Phi) is 5.07. The van der Waals surface area contributed by atoms with Gasteiger partial charge >= 0.3 is 5.97 Å². The highest BCUT2D eigenvalue weighted by molar-refractivity contribution is 5.91. The van der Waals surface area contributed by atoms with E-state index in [9.17, 15) is 9.90 Å². The van der Waals surface area contributed by atoms with Gasteiger partial charge in [0, 0.05) is 54.8 Å². The second-order valence-corrected chi connectivity index (χ2v) is 7.21. The highest BCUT2D eigenvalue weighted by Gasteiger charge is 2.25. The molecule has 146 valence electrons. The number of carboxylic acids is 1. The maximum atomic E-state index is 11.9. The molecular formula is C22H25N3O3. The quantitative estimate of drug-likeness (QED) is 0.548. The van der Waals surface area contributed by atoms with Gasteiger partial charge in [-0.15, -0.1) is 0 Å². The number of benzene rings is 2. The molecule has 1 fully saturated rings. The van der Waals surface area contributed by atoms with Crippen molar-refractivity contribution in [2.75, 3.05) is 26.7 Å².